The second kappa shape index (κ2) is 7.74. The van der Waals surface area contributed by atoms with Crippen molar-refractivity contribution in [1.29, 1.82) is 0 Å². The number of rotatable bonds is 4. The van der Waals surface area contributed by atoms with E-state index in [1.165, 1.54) is 30.3 Å². The maximum atomic E-state index is 14.2. The Labute approximate surface area is 192 Å². The van der Waals surface area contributed by atoms with Gasteiger partial charge in [0.2, 0.25) is 5.95 Å². The summed E-state index contributed by atoms with van der Waals surface area (Å²) in [6, 6.07) is 11.6. The summed E-state index contributed by atoms with van der Waals surface area (Å²) in [6.07, 6.45) is 0.530. The number of H-pyrrole nitrogens is 1. The number of nitrogens with one attached hydrogen (secondary N) is 3. The van der Waals surface area contributed by atoms with E-state index in [9.17, 15) is 13.6 Å². The Hall–Kier alpha value is -3.65. The minimum Gasteiger partial charge on any atom is -0.486 e. The van der Waals surface area contributed by atoms with E-state index in [2.05, 4.69) is 20.6 Å². The standard InChI is InChI=1S/C24H19ClF2N4O2/c1-24(2)11-15-19-18(29-23(30-19)31-20-16(25)7-4-8-17(20)27)10-14(21(15)33-24)22(32)28-13-6-3-5-12(26)9-13/h3-10H,11H2,1-2H3,(H,28,32)(H2,29,30,31). The number of amides is 1. The fourth-order valence-corrected chi connectivity index (χ4v) is 4.16. The summed E-state index contributed by atoms with van der Waals surface area (Å²) in [4.78, 5) is 20.7. The number of ether oxygens (including phenoxy) is 1. The van der Waals surface area contributed by atoms with Gasteiger partial charge in [-0.2, -0.15) is 0 Å². The molecule has 4 aromatic rings. The number of anilines is 3. The number of fused-ring (bicyclic) bond motifs is 3. The zero-order valence-electron chi connectivity index (χ0n) is 17.7. The van der Waals surface area contributed by atoms with E-state index in [-0.39, 0.29) is 22.2 Å². The number of para-hydroxylation sites is 1. The third kappa shape index (κ3) is 3.98. The van der Waals surface area contributed by atoms with Gasteiger partial charge in [-0.3, -0.25) is 4.79 Å². The summed E-state index contributed by atoms with van der Waals surface area (Å²) in [5, 5.41) is 5.79. The van der Waals surface area contributed by atoms with E-state index in [4.69, 9.17) is 16.3 Å². The maximum absolute atomic E-state index is 14.2. The van der Waals surface area contributed by atoms with Crippen molar-refractivity contribution in [2.45, 2.75) is 25.9 Å². The second-order valence-electron chi connectivity index (χ2n) is 8.44. The molecule has 0 unspecified atom stereocenters. The van der Waals surface area contributed by atoms with E-state index in [1.54, 1.807) is 18.2 Å². The van der Waals surface area contributed by atoms with Gasteiger partial charge >= 0.3 is 0 Å². The van der Waals surface area contributed by atoms with Crippen LogP contribution in [-0.4, -0.2) is 21.5 Å². The Kier molecular flexibility index (Phi) is 4.97. The van der Waals surface area contributed by atoms with E-state index < -0.39 is 23.1 Å². The predicted octanol–water partition coefficient (Wildman–Crippen LogP) is 6.20. The highest BCUT2D eigenvalue weighted by atomic mass is 35.5. The Balaban J connectivity index is 1.57. The van der Waals surface area contributed by atoms with Gasteiger partial charge in [-0.25, -0.2) is 13.8 Å². The molecule has 33 heavy (non-hydrogen) atoms. The van der Waals surface area contributed by atoms with Crippen LogP contribution < -0.4 is 15.4 Å². The molecular weight excluding hydrogens is 450 g/mol. The molecule has 1 aliphatic heterocycles. The lowest BCUT2D eigenvalue weighted by Gasteiger charge is -2.18. The SMILES string of the molecule is CC1(C)Cc2c(c(C(=O)Nc3cccc(F)c3)cc3nc(Nc4c(F)cccc4Cl)[nH]c23)O1. The second-order valence-corrected chi connectivity index (χ2v) is 8.84. The van der Waals surface area contributed by atoms with Crippen LogP contribution in [0.1, 0.15) is 29.8 Å². The van der Waals surface area contributed by atoms with Crippen LogP contribution >= 0.6 is 11.6 Å². The van der Waals surface area contributed by atoms with Gasteiger partial charge in [-0.05, 0) is 50.2 Å². The zero-order chi connectivity index (χ0) is 23.3. The van der Waals surface area contributed by atoms with Crippen LogP contribution in [0.15, 0.2) is 48.5 Å². The normalized spacial score (nSPS) is 14.1. The van der Waals surface area contributed by atoms with Crippen LogP contribution in [-0.2, 0) is 6.42 Å². The molecule has 168 valence electrons. The minimum absolute atomic E-state index is 0.0931. The Morgan fingerprint density at radius 2 is 1.97 bits per heavy atom. The van der Waals surface area contributed by atoms with Crippen LogP contribution in [0.4, 0.5) is 26.1 Å². The Bertz CT molecular complexity index is 1400. The molecular formula is C24H19ClF2N4O2. The maximum Gasteiger partial charge on any atom is 0.259 e. The number of aromatic amines is 1. The van der Waals surface area contributed by atoms with Gasteiger partial charge in [-0.15, -0.1) is 0 Å². The van der Waals surface area contributed by atoms with E-state index in [0.717, 1.165) is 5.56 Å². The van der Waals surface area contributed by atoms with Gasteiger partial charge in [0.05, 0.1) is 27.3 Å². The number of halogens is 3. The van der Waals surface area contributed by atoms with Gasteiger partial charge in [-0.1, -0.05) is 23.7 Å². The number of benzene rings is 3. The molecule has 0 saturated carbocycles. The smallest absolute Gasteiger partial charge is 0.259 e. The molecule has 3 N–H and O–H groups in total. The van der Waals surface area contributed by atoms with Crippen LogP contribution in [0.25, 0.3) is 11.0 Å². The van der Waals surface area contributed by atoms with Crippen LogP contribution in [0.2, 0.25) is 5.02 Å². The number of imidazole rings is 1. The average Bonchev–Trinajstić information content (AvgIpc) is 3.29. The first-order chi connectivity index (χ1) is 15.7. The molecule has 0 radical (unpaired) electrons. The molecule has 1 aromatic heterocycles. The molecule has 9 heteroatoms. The largest absolute Gasteiger partial charge is 0.486 e. The van der Waals surface area contributed by atoms with Gasteiger partial charge in [0.25, 0.3) is 5.91 Å². The summed E-state index contributed by atoms with van der Waals surface area (Å²) in [6.45, 7) is 3.84. The van der Waals surface area contributed by atoms with Crippen LogP contribution in [0.3, 0.4) is 0 Å². The first-order valence-corrected chi connectivity index (χ1v) is 10.6. The Morgan fingerprint density at radius 1 is 1.18 bits per heavy atom. The molecule has 0 atom stereocenters. The van der Waals surface area contributed by atoms with Gasteiger partial charge in [0.1, 0.15) is 23.0 Å². The van der Waals surface area contributed by atoms with Crippen molar-refractivity contribution in [2.24, 2.45) is 0 Å². The summed E-state index contributed by atoms with van der Waals surface area (Å²) < 4.78 is 33.9. The van der Waals surface area contributed by atoms with Gasteiger partial charge < -0.3 is 20.4 Å². The highest BCUT2D eigenvalue weighted by Crippen LogP contribution is 2.42. The monoisotopic (exact) mass is 468 g/mol. The lowest BCUT2D eigenvalue weighted by molar-refractivity contribution is 0.101. The summed E-state index contributed by atoms with van der Waals surface area (Å²) in [5.41, 5.74) is 2.09. The van der Waals surface area contributed by atoms with Gasteiger partial charge in [0.15, 0.2) is 0 Å². The van der Waals surface area contributed by atoms with Crippen molar-refractivity contribution in [3.8, 4) is 5.75 Å². The van der Waals surface area contributed by atoms with Crippen LogP contribution in [0.5, 0.6) is 5.75 Å². The van der Waals surface area contributed by atoms with Crippen molar-refractivity contribution < 1.29 is 18.3 Å². The quantitative estimate of drug-likeness (QED) is 0.333. The molecule has 6 nitrogen and oxygen atoms in total. The highest BCUT2D eigenvalue weighted by Gasteiger charge is 2.36. The molecule has 3 aromatic carbocycles. The van der Waals surface area contributed by atoms with Crippen molar-refractivity contribution in [2.75, 3.05) is 10.6 Å². The number of hydrogen-bond acceptors (Lipinski definition) is 4. The molecule has 0 bridgehead atoms. The fraction of sp³-hybridized carbons (Fsp3) is 0.167. The topological polar surface area (TPSA) is 79.0 Å². The number of carbonyl (C=O) groups excluding carboxylic acids is 1. The summed E-state index contributed by atoms with van der Waals surface area (Å²) in [7, 11) is 0. The third-order valence-corrected chi connectivity index (χ3v) is 5.66. The Morgan fingerprint density at radius 3 is 2.73 bits per heavy atom. The van der Waals surface area contributed by atoms with E-state index in [0.29, 0.717) is 28.9 Å². The number of hydrogen-bond donors (Lipinski definition) is 3. The number of aromatic nitrogens is 2. The molecule has 0 fully saturated rings. The molecule has 0 aliphatic carbocycles. The predicted molar refractivity (Wildman–Crippen MR) is 124 cm³/mol. The first-order valence-electron chi connectivity index (χ1n) is 10.2. The molecule has 2 heterocycles. The van der Waals surface area contributed by atoms with Crippen molar-refractivity contribution in [3.05, 3.63) is 76.3 Å². The number of carbonyl (C=O) groups is 1. The lowest BCUT2D eigenvalue weighted by Crippen LogP contribution is -2.25. The van der Waals surface area contributed by atoms with Crippen molar-refractivity contribution in [3.63, 3.8) is 0 Å². The fourth-order valence-electron chi connectivity index (χ4n) is 3.95. The lowest BCUT2D eigenvalue weighted by atomic mass is 9.98. The molecule has 1 aliphatic rings. The summed E-state index contributed by atoms with van der Waals surface area (Å²) >= 11 is 6.12. The first kappa shape index (κ1) is 21.2. The highest BCUT2D eigenvalue weighted by molar-refractivity contribution is 6.33. The third-order valence-electron chi connectivity index (χ3n) is 5.35. The van der Waals surface area contributed by atoms with Crippen LogP contribution in [0, 0.1) is 11.6 Å². The van der Waals surface area contributed by atoms with Crippen molar-refractivity contribution in [1.82, 2.24) is 9.97 Å². The van der Waals surface area contributed by atoms with E-state index >= 15 is 0 Å². The zero-order valence-corrected chi connectivity index (χ0v) is 18.5. The molecule has 0 saturated heterocycles. The average molecular weight is 469 g/mol. The molecule has 1 amide bonds. The molecule has 5 rings (SSSR count). The van der Waals surface area contributed by atoms with E-state index in [1.807, 2.05) is 13.8 Å². The molecule has 0 spiro atoms. The minimum atomic E-state index is -0.544. The summed E-state index contributed by atoms with van der Waals surface area (Å²) in [5.74, 6) is -0.730. The number of nitrogens with zero attached hydrogens (tertiary/aromatic N) is 1. The van der Waals surface area contributed by atoms with Crippen molar-refractivity contribution >= 4 is 45.9 Å². The van der Waals surface area contributed by atoms with Gasteiger partial charge in [0, 0.05) is 17.7 Å².